The fourth-order valence-corrected chi connectivity index (χ4v) is 3.63. The summed E-state index contributed by atoms with van der Waals surface area (Å²) in [6.07, 6.45) is 1.82. The number of carbonyl (C=O) groups is 1. The first-order valence-electron chi connectivity index (χ1n) is 8.18. The van der Waals surface area contributed by atoms with Crippen LogP contribution in [0.1, 0.15) is 24.0 Å². The highest BCUT2D eigenvalue weighted by Crippen LogP contribution is 2.38. The number of aryl methyl sites for hydroxylation is 1. The molecule has 3 aliphatic rings. The molecule has 0 radical (unpaired) electrons. The van der Waals surface area contributed by atoms with Crippen LogP contribution in [0.2, 0.25) is 0 Å². The zero-order valence-electron chi connectivity index (χ0n) is 13.9. The van der Waals surface area contributed by atoms with Crippen molar-refractivity contribution in [3.63, 3.8) is 0 Å². The lowest BCUT2D eigenvalue weighted by Crippen LogP contribution is -2.52. The fourth-order valence-electron chi connectivity index (χ4n) is 3.63. The van der Waals surface area contributed by atoms with Crippen molar-refractivity contribution >= 4 is 12.2 Å². The highest BCUT2D eigenvalue weighted by atomic mass is 16.7. The molecule has 4 rings (SSSR count). The fraction of sp³-hybridized carbons (Fsp3) is 0.588. The van der Waals surface area contributed by atoms with Gasteiger partial charge in [0.1, 0.15) is 12.4 Å². The molecular weight excluding hydrogens is 312 g/mol. The summed E-state index contributed by atoms with van der Waals surface area (Å²) in [5.41, 5.74) is 9.14. The van der Waals surface area contributed by atoms with Gasteiger partial charge in [0.15, 0.2) is 5.79 Å². The standard InChI is InChI=1S/C16H22N2O3.CH2O2/c1-11-6-15-12(7-14(11)17)9-18-3-2-16(20-4-5-21-16)8-13(18)10-19-15;2-1-3/h6-7,13H,2-5,8-10,17H2,1H3;1H,(H,2,3). The SMILES string of the molecule is Cc1cc2c(cc1N)CN1CCC3(CC1CO2)OCCO3.O=CO. The predicted octanol–water partition coefficient (Wildman–Crippen LogP) is 1.38. The second-order valence-corrected chi connectivity index (χ2v) is 6.42. The van der Waals surface area contributed by atoms with Crippen molar-refractivity contribution in [2.45, 2.75) is 38.1 Å². The van der Waals surface area contributed by atoms with Gasteiger partial charge in [-0.05, 0) is 24.6 Å². The van der Waals surface area contributed by atoms with Crippen molar-refractivity contribution in [2.24, 2.45) is 0 Å². The van der Waals surface area contributed by atoms with Gasteiger partial charge in [-0.3, -0.25) is 9.69 Å². The van der Waals surface area contributed by atoms with Gasteiger partial charge in [0.25, 0.3) is 6.47 Å². The van der Waals surface area contributed by atoms with Crippen LogP contribution in [0, 0.1) is 6.92 Å². The highest BCUT2D eigenvalue weighted by molar-refractivity contribution is 5.54. The van der Waals surface area contributed by atoms with E-state index in [1.54, 1.807) is 0 Å². The molecular formula is C17H24N2O5. The Balaban J connectivity index is 0.000000526. The van der Waals surface area contributed by atoms with Gasteiger partial charge in [-0.1, -0.05) is 0 Å². The van der Waals surface area contributed by atoms with Gasteiger partial charge in [0.2, 0.25) is 0 Å². The van der Waals surface area contributed by atoms with E-state index >= 15 is 0 Å². The van der Waals surface area contributed by atoms with E-state index in [1.807, 2.05) is 6.92 Å². The summed E-state index contributed by atoms with van der Waals surface area (Å²) in [5.74, 6) is 0.606. The molecule has 0 bridgehead atoms. The van der Waals surface area contributed by atoms with Crippen LogP contribution in [0.15, 0.2) is 12.1 Å². The molecule has 3 aliphatic heterocycles. The van der Waals surface area contributed by atoms with Crippen LogP contribution < -0.4 is 10.5 Å². The van der Waals surface area contributed by atoms with Crippen LogP contribution in [-0.4, -0.2) is 54.7 Å². The van der Waals surface area contributed by atoms with Crippen LogP contribution in [0.4, 0.5) is 5.69 Å². The van der Waals surface area contributed by atoms with Gasteiger partial charge in [-0.2, -0.15) is 0 Å². The van der Waals surface area contributed by atoms with Gasteiger partial charge < -0.3 is 25.1 Å². The zero-order valence-corrected chi connectivity index (χ0v) is 13.9. The van der Waals surface area contributed by atoms with Gasteiger partial charge >= 0.3 is 0 Å². The first-order valence-corrected chi connectivity index (χ1v) is 8.18. The van der Waals surface area contributed by atoms with E-state index in [1.165, 1.54) is 5.56 Å². The van der Waals surface area contributed by atoms with Gasteiger partial charge in [0.05, 0.1) is 13.2 Å². The second-order valence-electron chi connectivity index (χ2n) is 6.42. The first-order chi connectivity index (χ1) is 11.6. The molecule has 0 aliphatic carbocycles. The van der Waals surface area contributed by atoms with Crippen molar-refractivity contribution in [1.82, 2.24) is 4.90 Å². The molecule has 7 nitrogen and oxygen atoms in total. The minimum absolute atomic E-state index is 0.250. The molecule has 24 heavy (non-hydrogen) atoms. The van der Waals surface area contributed by atoms with Crippen molar-refractivity contribution in [2.75, 3.05) is 32.1 Å². The van der Waals surface area contributed by atoms with E-state index in [2.05, 4.69) is 17.0 Å². The molecule has 1 unspecified atom stereocenters. The average molecular weight is 336 g/mol. The van der Waals surface area contributed by atoms with Crippen molar-refractivity contribution in [3.05, 3.63) is 23.3 Å². The summed E-state index contributed by atoms with van der Waals surface area (Å²) in [7, 11) is 0. The Morgan fingerprint density at radius 2 is 2.08 bits per heavy atom. The average Bonchev–Trinajstić information content (AvgIpc) is 2.93. The Labute approximate surface area is 141 Å². The van der Waals surface area contributed by atoms with Gasteiger partial charge in [-0.15, -0.1) is 0 Å². The summed E-state index contributed by atoms with van der Waals surface area (Å²) < 4.78 is 17.8. The predicted molar refractivity (Wildman–Crippen MR) is 87.8 cm³/mol. The Morgan fingerprint density at radius 1 is 1.38 bits per heavy atom. The Morgan fingerprint density at radius 3 is 2.79 bits per heavy atom. The number of nitrogens with zero attached hydrogens (tertiary/aromatic N) is 1. The number of hydrogen-bond donors (Lipinski definition) is 2. The minimum atomic E-state index is -0.365. The molecule has 132 valence electrons. The number of piperidine rings is 1. The maximum atomic E-state index is 8.36. The third-order valence-corrected chi connectivity index (χ3v) is 4.91. The van der Waals surface area contributed by atoms with Crippen LogP contribution >= 0.6 is 0 Å². The highest BCUT2D eigenvalue weighted by Gasteiger charge is 2.45. The molecule has 0 amide bonds. The maximum Gasteiger partial charge on any atom is 0.290 e. The molecule has 3 N–H and O–H groups in total. The number of rotatable bonds is 0. The smallest absolute Gasteiger partial charge is 0.290 e. The van der Waals surface area contributed by atoms with Gasteiger partial charge in [-0.25, -0.2) is 0 Å². The number of nitrogen functional groups attached to an aromatic ring is 1. The lowest BCUT2D eigenvalue weighted by molar-refractivity contribution is -0.199. The van der Waals surface area contributed by atoms with E-state index in [0.29, 0.717) is 25.9 Å². The number of carboxylic acid groups (broad SMARTS) is 1. The summed E-state index contributed by atoms with van der Waals surface area (Å²) in [6, 6.07) is 4.45. The summed E-state index contributed by atoms with van der Waals surface area (Å²) in [6.45, 7) is 5.74. The molecule has 2 saturated heterocycles. The van der Waals surface area contributed by atoms with E-state index in [9.17, 15) is 0 Å². The topological polar surface area (TPSA) is 94.3 Å². The first kappa shape index (κ1) is 17.0. The summed E-state index contributed by atoms with van der Waals surface area (Å²) in [4.78, 5) is 10.8. The zero-order chi connectivity index (χ0) is 17.2. The van der Waals surface area contributed by atoms with Crippen LogP contribution in [-0.2, 0) is 20.8 Å². The van der Waals surface area contributed by atoms with Crippen LogP contribution in [0.3, 0.4) is 0 Å². The van der Waals surface area contributed by atoms with E-state index in [0.717, 1.165) is 42.9 Å². The lowest BCUT2D eigenvalue weighted by atomic mass is 9.96. The summed E-state index contributed by atoms with van der Waals surface area (Å²) in [5, 5.41) is 6.89. The Kier molecular flexibility index (Phi) is 4.93. The number of hydrogen-bond acceptors (Lipinski definition) is 6. The Bertz CT molecular complexity index is 601. The summed E-state index contributed by atoms with van der Waals surface area (Å²) >= 11 is 0. The lowest BCUT2D eigenvalue weighted by Gasteiger charge is -2.42. The van der Waals surface area contributed by atoms with E-state index in [4.69, 9.17) is 29.8 Å². The van der Waals surface area contributed by atoms with Crippen molar-refractivity contribution in [3.8, 4) is 5.75 Å². The number of nitrogens with two attached hydrogens (primary N) is 1. The van der Waals surface area contributed by atoms with Crippen LogP contribution in [0.25, 0.3) is 0 Å². The third-order valence-electron chi connectivity index (χ3n) is 4.91. The van der Waals surface area contributed by atoms with Gasteiger partial charge in [0, 0.05) is 43.2 Å². The molecule has 3 heterocycles. The third kappa shape index (κ3) is 3.33. The molecule has 2 fully saturated rings. The van der Waals surface area contributed by atoms with Crippen molar-refractivity contribution < 1.29 is 24.1 Å². The second kappa shape index (κ2) is 6.96. The molecule has 0 saturated carbocycles. The molecule has 0 aromatic heterocycles. The number of benzene rings is 1. The Hall–Kier alpha value is -1.83. The minimum Gasteiger partial charge on any atom is -0.492 e. The molecule has 1 aromatic carbocycles. The normalized spacial score (nSPS) is 24.8. The number of ether oxygens (including phenoxy) is 3. The van der Waals surface area contributed by atoms with Crippen molar-refractivity contribution in [1.29, 1.82) is 0 Å². The van der Waals surface area contributed by atoms with E-state index < -0.39 is 0 Å². The number of anilines is 1. The van der Waals surface area contributed by atoms with E-state index in [-0.39, 0.29) is 12.3 Å². The maximum absolute atomic E-state index is 8.36. The molecule has 7 heteroatoms. The quantitative estimate of drug-likeness (QED) is 0.546. The molecule has 1 atom stereocenters. The van der Waals surface area contributed by atoms with Crippen LogP contribution in [0.5, 0.6) is 5.75 Å². The molecule has 1 aromatic rings. The number of fused-ring (bicyclic) bond motifs is 2. The molecule has 1 spiro atoms. The largest absolute Gasteiger partial charge is 0.492 e. The monoisotopic (exact) mass is 336 g/mol.